The van der Waals surface area contributed by atoms with Gasteiger partial charge in [-0.3, -0.25) is 13.9 Å². The van der Waals surface area contributed by atoms with Gasteiger partial charge in [-0.05, 0) is 23.6 Å². The molecule has 29 heavy (non-hydrogen) atoms. The monoisotopic (exact) mass is 448 g/mol. The Bertz CT molecular complexity index is 1330. The highest BCUT2D eigenvalue weighted by Gasteiger charge is 2.19. The van der Waals surface area contributed by atoms with Crippen LogP contribution in [0.3, 0.4) is 0 Å². The number of benzene rings is 1. The number of thioether (sulfide) groups is 1. The number of hydrogen-bond acceptors (Lipinski definition) is 6. The van der Waals surface area contributed by atoms with Crippen molar-refractivity contribution in [3.63, 3.8) is 0 Å². The molecule has 0 fully saturated rings. The van der Waals surface area contributed by atoms with Crippen molar-refractivity contribution in [3.05, 3.63) is 73.0 Å². The van der Waals surface area contributed by atoms with Crippen LogP contribution in [0, 0.1) is 5.82 Å². The van der Waals surface area contributed by atoms with Gasteiger partial charge in [0, 0.05) is 30.4 Å². The Balaban J connectivity index is 1.94. The third-order valence-corrected chi connectivity index (χ3v) is 6.65. The molecule has 0 unspecified atom stereocenters. The van der Waals surface area contributed by atoms with Crippen molar-refractivity contribution >= 4 is 45.7 Å². The minimum atomic E-state index is -0.497. The normalized spacial score (nSPS) is 11.3. The molecular weight excluding hydrogens is 435 g/mol. The molecule has 0 aliphatic carbocycles. The van der Waals surface area contributed by atoms with E-state index >= 15 is 0 Å². The molecule has 0 atom stereocenters. The number of fused-ring (bicyclic) bond motifs is 1. The fourth-order valence-corrected chi connectivity index (χ4v) is 4.88. The predicted molar refractivity (Wildman–Crippen MR) is 114 cm³/mol. The number of hydrogen-bond donors (Lipinski definition) is 0. The molecule has 148 valence electrons. The van der Waals surface area contributed by atoms with Gasteiger partial charge in [0.25, 0.3) is 5.56 Å². The van der Waals surface area contributed by atoms with Crippen LogP contribution in [0.2, 0.25) is 5.02 Å². The zero-order valence-corrected chi connectivity index (χ0v) is 17.7. The molecule has 1 aromatic carbocycles. The van der Waals surface area contributed by atoms with Gasteiger partial charge in [-0.15, -0.1) is 23.1 Å². The Morgan fingerprint density at radius 3 is 2.62 bits per heavy atom. The molecule has 0 radical (unpaired) electrons. The maximum absolute atomic E-state index is 14.2. The highest BCUT2D eigenvalue weighted by Crippen LogP contribution is 2.32. The first-order chi connectivity index (χ1) is 13.9. The van der Waals surface area contributed by atoms with E-state index in [-0.39, 0.29) is 16.8 Å². The van der Waals surface area contributed by atoms with E-state index in [4.69, 9.17) is 11.6 Å². The van der Waals surface area contributed by atoms with Gasteiger partial charge in [0.1, 0.15) is 16.2 Å². The van der Waals surface area contributed by atoms with E-state index in [1.807, 2.05) is 17.5 Å². The number of halogens is 2. The smallest absolute Gasteiger partial charge is 0.280 e. The number of thiophene rings is 1. The third kappa shape index (κ3) is 3.50. The summed E-state index contributed by atoms with van der Waals surface area (Å²) in [6, 6.07) is 8.19. The van der Waals surface area contributed by atoms with Crippen molar-refractivity contribution < 1.29 is 4.39 Å². The zero-order chi connectivity index (χ0) is 20.7. The Kier molecular flexibility index (Phi) is 5.28. The summed E-state index contributed by atoms with van der Waals surface area (Å²) in [6.45, 7) is 0. The number of nitrogens with zero attached hydrogens (tertiary/aromatic N) is 4. The molecule has 0 spiro atoms. The third-order valence-electron chi connectivity index (χ3n) is 4.42. The highest BCUT2D eigenvalue weighted by atomic mass is 35.5. The van der Waals surface area contributed by atoms with Gasteiger partial charge in [0.2, 0.25) is 0 Å². The molecule has 0 aliphatic rings. The van der Waals surface area contributed by atoms with E-state index in [1.165, 1.54) is 46.8 Å². The summed E-state index contributed by atoms with van der Waals surface area (Å²) in [5.74, 6) is 0.146. The maximum Gasteiger partial charge on any atom is 0.332 e. The summed E-state index contributed by atoms with van der Waals surface area (Å²) >= 11 is 8.76. The molecule has 0 N–H and O–H groups in total. The van der Waals surface area contributed by atoms with Crippen molar-refractivity contribution in [1.82, 2.24) is 19.1 Å². The second-order valence-corrected chi connectivity index (χ2v) is 8.54. The topological polar surface area (TPSA) is 69.8 Å². The van der Waals surface area contributed by atoms with Gasteiger partial charge in [-0.2, -0.15) is 0 Å². The summed E-state index contributed by atoms with van der Waals surface area (Å²) in [5.41, 5.74) is -0.418. The minimum Gasteiger partial charge on any atom is -0.280 e. The van der Waals surface area contributed by atoms with Crippen LogP contribution in [0.5, 0.6) is 0 Å². The van der Waals surface area contributed by atoms with E-state index < -0.39 is 17.1 Å². The second-order valence-electron chi connectivity index (χ2n) is 6.22. The second kappa shape index (κ2) is 7.74. The van der Waals surface area contributed by atoms with Crippen LogP contribution < -0.4 is 11.2 Å². The lowest BCUT2D eigenvalue weighted by molar-refractivity contribution is 0.617. The van der Waals surface area contributed by atoms with E-state index in [0.29, 0.717) is 21.4 Å². The first-order valence-electron chi connectivity index (χ1n) is 8.46. The van der Waals surface area contributed by atoms with Crippen molar-refractivity contribution in [2.75, 3.05) is 0 Å². The fraction of sp³-hybridized carbons (Fsp3) is 0.158. The summed E-state index contributed by atoms with van der Waals surface area (Å²) < 4.78 is 16.5. The summed E-state index contributed by atoms with van der Waals surface area (Å²) in [4.78, 5) is 35.0. The first-order valence-corrected chi connectivity index (χ1v) is 10.7. The summed E-state index contributed by atoms with van der Waals surface area (Å²) in [7, 11) is 2.96. The highest BCUT2D eigenvalue weighted by molar-refractivity contribution is 7.98. The Hall–Kier alpha value is -2.49. The van der Waals surface area contributed by atoms with E-state index in [9.17, 15) is 14.0 Å². The molecule has 0 saturated heterocycles. The van der Waals surface area contributed by atoms with Crippen molar-refractivity contribution in [1.29, 1.82) is 0 Å². The van der Waals surface area contributed by atoms with Crippen LogP contribution in [0.15, 0.2) is 50.3 Å². The van der Waals surface area contributed by atoms with Gasteiger partial charge in [0.05, 0.1) is 4.88 Å². The lowest BCUT2D eigenvalue weighted by Gasteiger charge is -2.12. The molecule has 4 aromatic rings. The van der Waals surface area contributed by atoms with Gasteiger partial charge in [0.15, 0.2) is 11.5 Å². The van der Waals surface area contributed by atoms with Crippen LogP contribution in [-0.2, 0) is 19.8 Å². The summed E-state index contributed by atoms with van der Waals surface area (Å²) in [6.07, 6.45) is 0. The number of aromatic nitrogens is 4. The predicted octanol–water partition coefficient (Wildman–Crippen LogP) is 3.84. The Morgan fingerprint density at radius 2 is 1.93 bits per heavy atom. The van der Waals surface area contributed by atoms with Gasteiger partial charge >= 0.3 is 5.69 Å². The van der Waals surface area contributed by atoms with Gasteiger partial charge in [-0.1, -0.05) is 23.7 Å². The molecule has 0 bridgehead atoms. The van der Waals surface area contributed by atoms with Crippen molar-refractivity contribution in [2.24, 2.45) is 14.1 Å². The lowest BCUT2D eigenvalue weighted by Crippen LogP contribution is -2.37. The Labute approximate surface area is 177 Å². The lowest BCUT2D eigenvalue weighted by atomic mass is 10.2. The van der Waals surface area contributed by atoms with E-state index in [0.717, 1.165) is 9.44 Å². The standard InChI is InChI=1S/C19H14ClFN4O2S2/c1-24-16-14(18(26)25(2)19(24)27)17(23-15(22-16)13-7-4-8-28-13)29-9-10-11(20)5-3-6-12(10)21/h3-8H,9H2,1-2H3. The molecule has 3 heterocycles. The molecule has 0 amide bonds. The molecule has 3 aromatic heterocycles. The van der Waals surface area contributed by atoms with Gasteiger partial charge < -0.3 is 0 Å². The van der Waals surface area contributed by atoms with Crippen LogP contribution in [0.1, 0.15) is 5.56 Å². The average molecular weight is 449 g/mol. The van der Waals surface area contributed by atoms with Crippen LogP contribution in [0.4, 0.5) is 4.39 Å². The average Bonchev–Trinajstić information content (AvgIpc) is 3.24. The van der Waals surface area contributed by atoms with Crippen LogP contribution in [0.25, 0.3) is 21.7 Å². The fourth-order valence-electron chi connectivity index (χ4n) is 2.86. The molecule has 0 aliphatic heterocycles. The summed E-state index contributed by atoms with van der Waals surface area (Å²) in [5, 5.41) is 2.77. The van der Waals surface area contributed by atoms with E-state index in [2.05, 4.69) is 9.97 Å². The molecule has 4 rings (SSSR count). The van der Waals surface area contributed by atoms with Crippen LogP contribution >= 0.6 is 34.7 Å². The quantitative estimate of drug-likeness (QED) is 0.350. The molecule has 10 heteroatoms. The van der Waals surface area contributed by atoms with E-state index in [1.54, 1.807) is 13.1 Å². The molecular formula is C19H14ClFN4O2S2. The van der Waals surface area contributed by atoms with Crippen molar-refractivity contribution in [2.45, 2.75) is 10.8 Å². The maximum atomic E-state index is 14.2. The number of rotatable bonds is 4. The zero-order valence-electron chi connectivity index (χ0n) is 15.3. The molecule has 0 saturated carbocycles. The minimum absolute atomic E-state index is 0.174. The van der Waals surface area contributed by atoms with Crippen LogP contribution in [-0.4, -0.2) is 19.1 Å². The molecule has 6 nitrogen and oxygen atoms in total. The Morgan fingerprint density at radius 1 is 1.14 bits per heavy atom. The SMILES string of the molecule is Cn1c(=O)c2c(SCc3c(F)cccc3Cl)nc(-c3cccs3)nc2n(C)c1=O. The number of aryl methyl sites for hydroxylation is 1. The first kappa shape index (κ1) is 19.8. The largest absolute Gasteiger partial charge is 0.332 e. The van der Waals surface area contributed by atoms with Crippen molar-refractivity contribution in [3.8, 4) is 10.7 Å². The van der Waals surface area contributed by atoms with Gasteiger partial charge in [-0.25, -0.2) is 19.2 Å².